The Morgan fingerprint density at radius 1 is 0.593 bits per heavy atom. The smallest absolute Gasteiger partial charge is 0.462 e. The van der Waals surface area contributed by atoms with E-state index in [2.05, 4.69) is 38.2 Å². The van der Waals surface area contributed by atoms with Crippen LogP contribution >= 0.6 is 7.82 Å². The van der Waals surface area contributed by atoms with E-state index in [1.54, 1.807) is 18.2 Å². The molecule has 0 heterocycles. The largest absolute Gasteiger partial charge is 0.472 e. The van der Waals surface area contributed by atoms with Crippen molar-refractivity contribution >= 4 is 19.8 Å². The van der Waals surface area contributed by atoms with E-state index < -0.39 is 44.7 Å². The number of nitrogens with two attached hydrogens (primary N) is 1. The van der Waals surface area contributed by atoms with Crippen molar-refractivity contribution < 1.29 is 47.8 Å². The van der Waals surface area contributed by atoms with Gasteiger partial charge in [-0.05, 0) is 64.2 Å². The molecule has 12 heteroatoms. The second kappa shape index (κ2) is 42.1. The van der Waals surface area contributed by atoms with Gasteiger partial charge in [-0.1, -0.05) is 164 Å². The highest BCUT2D eigenvalue weighted by atomic mass is 31.2. The zero-order chi connectivity index (χ0) is 43.5. The van der Waals surface area contributed by atoms with E-state index >= 15 is 0 Å². The van der Waals surface area contributed by atoms with E-state index in [0.29, 0.717) is 25.7 Å². The minimum atomic E-state index is -4.45. The van der Waals surface area contributed by atoms with Crippen molar-refractivity contribution in [1.82, 2.24) is 0 Å². The number of phosphoric ester groups is 1. The quantitative estimate of drug-likeness (QED) is 0.0151. The third-order valence-corrected chi connectivity index (χ3v) is 10.3. The summed E-state index contributed by atoms with van der Waals surface area (Å²) in [5.74, 6) is -1.07. The second-order valence-corrected chi connectivity index (χ2v) is 16.4. The fourth-order valence-corrected chi connectivity index (χ4v) is 6.58. The Hall–Kier alpha value is -2.63. The van der Waals surface area contributed by atoms with Crippen LogP contribution in [0.3, 0.4) is 0 Å². The number of phosphoric acid groups is 1. The molecule has 0 aliphatic carbocycles. The van der Waals surface area contributed by atoms with Gasteiger partial charge in [-0.25, -0.2) is 4.57 Å². The van der Waals surface area contributed by atoms with E-state index in [0.717, 1.165) is 57.8 Å². The number of unbranched alkanes of at least 4 members (excludes halogenated alkanes) is 14. The maximum atomic E-state index is 12.6. The van der Waals surface area contributed by atoms with Gasteiger partial charge in [0.2, 0.25) is 0 Å². The summed E-state index contributed by atoms with van der Waals surface area (Å²) in [6.45, 7) is 3.33. The molecule has 0 amide bonds. The Morgan fingerprint density at radius 2 is 1.10 bits per heavy atom. The third kappa shape index (κ3) is 41.9. The fourth-order valence-electron chi connectivity index (χ4n) is 5.82. The Kier molecular flexibility index (Phi) is 40.2. The first-order chi connectivity index (χ1) is 28.6. The monoisotopic (exact) mass is 852 g/mol. The Balaban J connectivity index is 4.36. The zero-order valence-corrected chi connectivity index (χ0v) is 37.6. The van der Waals surface area contributed by atoms with E-state index in [9.17, 15) is 29.3 Å². The minimum Gasteiger partial charge on any atom is -0.462 e. The lowest BCUT2D eigenvalue weighted by Gasteiger charge is -2.20. The molecule has 1 unspecified atom stereocenters. The predicted octanol–water partition coefficient (Wildman–Crippen LogP) is 11.0. The lowest BCUT2D eigenvalue weighted by Crippen LogP contribution is -2.29. The summed E-state index contributed by atoms with van der Waals surface area (Å²) in [6, 6.07) is 0. The van der Waals surface area contributed by atoms with Crippen LogP contribution in [-0.4, -0.2) is 71.7 Å². The van der Waals surface area contributed by atoms with Crippen LogP contribution in [0, 0.1) is 0 Å². The van der Waals surface area contributed by atoms with Gasteiger partial charge in [-0.15, -0.1) is 0 Å². The molecule has 5 N–H and O–H groups in total. The SMILES string of the molecule is CCCCC/C=C\C/C=C\CCCCCCCCCCCC(=O)OC[C@H](COP(=O)(O)OCCN)OC(=O)CCC[C@H](O)/C=C/C=C\C/C=C\C=C\[C@H](O)CCCCC. The molecule has 0 bridgehead atoms. The number of hydrogen-bond acceptors (Lipinski definition) is 10. The van der Waals surface area contributed by atoms with Crippen molar-refractivity contribution in [2.24, 2.45) is 5.73 Å². The molecular formula is C47H82NO10P. The first-order valence-electron chi connectivity index (χ1n) is 22.6. The van der Waals surface area contributed by atoms with Crippen molar-refractivity contribution in [3.05, 3.63) is 72.9 Å². The number of aliphatic hydroxyl groups is 2. The average molecular weight is 852 g/mol. The molecular weight excluding hydrogens is 769 g/mol. The van der Waals surface area contributed by atoms with Gasteiger partial charge in [-0.3, -0.25) is 18.6 Å². The number of carbonyl (C=O) groups excluding carboxylic acids is 2. The molecule has 0 rings (SSSR count). The summed E-state index contributed by atoms with van der Waals surface area (Å²) in [6.07, 6.45) is 44.3. The normalized spacial score (nSPS) is 15.0. The molecule has 0 aromatic carbocycles. The van der Waals surface area contributed by atoms with Gasteiger partial charge < -0.3 is 30.3 Å². The topological polar surface area (TPSA) is 175 Å². The number of esters is 2. The summed E-state index contributed by atoms with van der Waals surface area (Å²) >= 11 is 0. The predicted molar refractivity (Wildman–Crippen MR) is 241 cm³/mol. The molecule has 0 aromatic heterocycles. The van der Waals surface area contributed by atoms with Crippen molar-refractivity contribution in [2.75, 3.05) is 26.4 Å². The summed E-state index contributed by atoms with van der Waals surface area (Å²) in [4.78, 5) is 34.9. The fraction of sp³-hybridized carbons (Fsp3) is 0.702. The summed E-state index contributed by atoms with van der Waals surface area (Å²) in [7, 11) is -4.45. The molecule has 0 aliphatic rings. The van der Waals surface area contributed by atoms with E-state index in [4.69, 9.17) is 24.3 Å². The molecule has 4 atom stereocenters. The Morgan fingerprint density at radius 3 is 1.69 bits per heavy atom. The number of aliphatic hydroxyl groups excluding tert-OH is 2. The summed E-state index contributed by atoms with van der Waals surface area (Å²) in [5.41, 5.74) is 5.33. The minimum absolute atomic E-state index is 0.0121. The van der Waals surface area contributed by atoms with Gasteiger partial charge in [0.1, 0.15) is 6.61 Å². The maximum Gasteiger partial charge on any atom is 0.472 e. The highest BCUT2D eigenvalue weighted by molar-refractivity contribution is 7.47. The molecule has 0 saturated carbocycles. The lowest BCUT2D eigenvalue weighted by atomic mass is 10.1. The van der Waals surface area contributed by atoms with Gasteiger partial charge in [0.15, 0.2) is 6.10 Å². The average Bonchev–Trinajstić information content (AvgIpc) is 3.21. The van der Waals surface area contributed by atoms with Crippen LogP contribution in [-0.2, 0) is 32.7 Å². The van der Waals surface area contributed by atoms with E-state index in [-0.39, 0.29) is 32.6 Å². The van der Waals surface area contributed by atoms with Crippen LogP contribution < -0.4 is 5.73 Å². The van der Waals surface area contributed by atoms with Crippen molar-refractivity contribution in [3.63, 3.8) is 0 Å². The number of rotatable bonds is 41. The molecule has 0 spiro atoms. The van der Waals surface area contributed by atoms with Gasteiger partial charge in [-0.2, -0.15) is 0 Å². The molecule has 0 radical (unpaired) electrons. The Bertz CT molecular complexity index is 1230. The standard InChI is InChI=1S/C47H82NO10P/c1-3-5-7-8-9-10-11-12-13-14-15-16-17-18-19-20-24-27-31-37-46(51)55-41-45(42-57-59(53,54)56-40-39-48)58-47(52)38-32-36-44(50)35-30-26-23-21-22-25-29-34-43(49)33-28-6-4-2/h9-10,12-13,22-23,25-26,29-30,34-35,43-45,49-50H,3-8,11,14-21,24,27-28,31-33,36-42,48H2,1-2H3,(H,53,54)/b10-9-,13-12-,25-22-,26-23-,34-29+,35-30+/t43-,44-,45-/m1/s1. The number of allylic oxidation sites excluding steroid dienone is 10. The molecule has 340 valence electrons. The first kappa shape index (κ1) is 56.4. The molecule has 0 aromatic rings. The zero-order valence-electron chi connectivity index (χ0n) is 36.7. The first-order valence-corrected chi connectivity index (χ1v) is 24.1. The van der Waals surface area contributed by atoms with E-state index in [1.807, 2.05) is 30.4 Å². The second-order valence-electron chi connectivity index (χ2n) is 15.0. The molecule has 0 aliphatic heterocycles. The number of carbonyl (C=O) groups is 2. The summed E-state index contributed by atoms with van der Waals surface area (Å²) in [5, 5.41) is 20.2. The lowest BCUT2D eigenvalue weighted by molar-refractivity contribution is -0.161. The van der Waals surface area contributed by atoms with Gasteiger partial charge in [0, 0.05) is 19.4 Å². The maximum absolute atomic E-state index is 12.6. The van der Waals surface area contributed by atoms with Crippen LogP contribution in [0.5, 0.6) is 0 Å². The van der Waals surface area contributed by atoms with Gasteiger partial charge in [0.05, 0.1) is 25.4 Å². The van der Waals surface area contributed by atoms with Gasteiger partial charge >= 0.3 is 19.8 Å². The van der Waals surface area contributed by atoms with Crippen LogP contribution in [0.4, 0.5) is 0 Å². The molecule has 0 saturated heterocycles. The van der Waals surface area contributed by atoms with Crippen molar-refractivity contribution in [3.8, 4) is 0 Å². The Labute approximate surface area is 357 Å². The van der Waals surface area contributed by atoms with Crippen molar-refractivity contribution in [1.29, 1.82) is 0 Å². The van der Waals surface area contributed by atoms with Crippen LogP contribution in [0.1, 0.15) is 168 Å². The van der Waals surface area contributed by atoms with Crippen LogP contribution in [0.25, 0.3) is 0 Å². The van der Waals surface area contributed by atoms with E-state index in [1.165, 1.54) is 57.8 Å². The number of ether oxygens (including phenoxy) is 2. The van der Waals surface area contributed by atoms with Crippen molar-refractivity contribution in [2.45, 2.75) is 186 Å². The highest BCUT2D eigenvalue weighted by Gasteiger charge is 2.26. The molecule has 59 heavy (non-hydrogen) atoms. The van der Waals surface area contributed by atoms with Crippen LogP contribution in [0.2, 0.25) is 0 Å². The third-order valence-electron chi connectivity index (χ3n) is 9.27. The molecule has 0 fully saturated rings. The molecule has 11 nitrogen and oxygen atoms in total. The highest BCUT2D eigenvalue weighted by Crippen LogP contribution is 2.43. The van der Waals surface area contributed by atoms with Crippen LogP contribution in [0.15, 0.2) is 72.9 Å². The summed E-state index contributed by atoms with van der Waals surface area (Å²) < 4.78 is 32.6. The number of hydrogen-bond donors (Lipinski definition) is 4. The van der Waals surface area contributed by atoms with Gasteiger partial charge in [0.25, 0.3) is 0 Å².